The van der Waals surface area contributed by atoms with Crippen LogP contribution in [0.4, 0.5) is 8.78 Å². The molecule has 0 spiro atoms. The highest BCUT2D eigenvalue weighted by Crippen LogP contribution is 2.39. The first-order valence-corrected chi connectivity index (χ1v) is 6.13. The molecule has 2 aromatic carbocycles. The number of hydrogen-bond donors (Lipinski definition) is 1. The standard InChI is InChI=1S/C15H13F2NO/c16-10-4-5-12(14(17)7-10)13-3-1-2-9-6-11(8-18)19-15(9)13/h1-5,7,11H,6,8,18H2/t11-/m1/s1. The number of nitrogens with two attached hydrogens (primary N) is 1. The van der Waals surface area contributed by atoms with Crippen molar-refractivity contribution in [2.45, 2.75) is 12.5 Å². The Hall–Kier alpha value is -1.94. The van der Waals surface area contributed by atoms with Gasteiger partial charge in [-0.1, -0.05) is 18.2 Å². The van der Waals surface area contributed by atoms with Crippen LogP contribution in [0.1, 0.15) is 5.56 Å². The molecule has 2 aromatic rings. The van der Waals surface area contributed by atoms with Gasteiger partial charge >= 0.3 is 0 Å². The molecule has 0 saturated heterocycles. The molecule has 0 unspecified atom stereocenters. The van der Waals surface area contributed by atoms with E-state index in [2.05, 4.69) is 0 Å². The van der Waals surface area contributed by atoms with Crippen molar-refractivity contribution in [2.24, 2.45) is 5.73 Å². The Balaban J connectivity index is 2.10. The van der Waals surface area contributed by atoms with Crippen LogP contribution in [-0.4, -0.2) is 12.6 Å². The fraction of sp³-hybridized carbons (Fsp3) is 0.200. The smallest absolute Gasteiger partial charge is 0.134 e. The topological polar surface area (TPSA) is 35.2 Å². The SMILES string of the molecule is NC[C@H]1Cc2cccc(-c3ccc(F)cc3F)c2O1. The highest BCUT2D eigenvalue weighted by atomic mass is 19.1. The molecule has 0 aromatic heterocycles. The van der Waals surface area contributed by atoms with Gasteiger partial charge in [-0.25, -0.2) is 8.78 Å². The van der Waals surface area contributed by atoms with Crippen molar-refractivity contribution in [3.8, 4) is 16.9 Å². The fourth-order valence-corrected chi connectivity index (χ4v) is 2.39. The molecule has 1 atom stereocenters. The summed E-state index contributed by atoms with van der Waals surface area (Å²) < 4.78 is 32.6. The third-order valence-corrected chi connectivity index (χ3v) is 3.31. The maximum absolute atomic E-state index is 13.9. The Kier molecular flexibility index (Phi) is 2.95. The third kappa shape index (κ3) is 2.08. The molecular formula is C15H13F2NO. The summed E-state index contributed by atoms with van der Waals surface area (Å²) in [6.07, 6.45) is 0.655. The van der Waals surface area contributed by atoms with Crippen LogP contribution in [0.25, 0.3) is 11.1 Å². The number of benzene rings is 2. The Labute approximate surface area is 109 Å². The molecule has 4 heteroatoms. The van der Waals surface area contributed by atoms with Crippen LogP contribution in [0.3, 0.4) is 0 Å². The second kappa shape index (κ2) is 4.63. The zero-order valence-electron chi connectivity index (χ0n) is 10.2. The van der Waals surface area contributed by atoms with E-state index in [0.717, 1.165) is 18.1 Å². The van der Waals surface area contributed by atoms with Gasteiger partial charge in [-0.15, -0.1) is 0 Å². The van der Waals surface area contributed by atoms with E-state index in [-0.39, 0.29) is 6.10 Å². The maximum atomic E-state index is 13.9. The van der Waals surface area contributed by atoms with Crippen LogP contribution in [0.15, 0.2) is 36.4 Å². The molecule has 1 aliphatic rings. The first-order valence-electron chi connectivity index (χ1n) is 6.13. The first-order chi connectivity index (χ1) is 9.19. The largest absolute Gasteiger partial charge is 0.488 e. The summed E-state index contributed by atoms with van der Waals surface area (Å²) in [5.41, 5.74) is 7.60. The van der Waals surface area contributed by atoms with E-state index in [1.54, 1.807) is 6.07 Å². The zero-order valence-corrected chi connectivity index (χ0v) is 10.2. The van der Waals surface area contributed by atoms with Crippen LogP contribution in [0.2, 0.25) is 0 Å². The first kappa shape index (κ1) is 12.1. The van der Waals surface area contributed by atoms with E-state index in [0.29, 0.717) is 23.4 Å². The van der Waals surface area contributed by atoms with Gasteiger partial charge in [0.05, 0.1) is 0 Å². The van der Waals surface area contributed by atoms with Crippen LogP contribution in [0.5, 0.6) is 5.75 Å². The van der Waals surface area contributed by atoms with Crippen LogP contribution >= 0.6 is 0 Å². The van der Waals surface area contributed by atoms with Crippen molar-refractivity contribution < 1.29 is 13.5 Å². The second-order valence-corrected chi connectivity index (χ2v) is 4.60. The highest BCUT2D eigenvalue weighted by molar-refractivity contribution is 5.73. The van der Waals surface area contributed by atoms with E-state index < -0.39 is 11.6 Å². The molecule has 0 fully saturated rings. The minimum absolute atomic E-state index is 0.0698. The van der Waals surface area contributed by atoms with Gasteiger partial charge < -0.3 is 10.5 Å². The van der Waals surface area contributed by atoms with Crippen LogP contribution in [-0.2, 0) is 6.42 Å². The van der Waals surface area contributed by atoms with Gasteiger partial charge in [0.25, 0.3) is 0 Å². The van der Waals surface area contributed by atoms with Crippen molar-refractivity contribution in [1.29, 1.82) is 0 Å². The Bertz CT molecular complexity index is 628. The Morgan fingerprint density at radius 3 is 2.74 bits per heavy atom. The molecule has 98 valence electrons. The summed E-state index contributed by atoms with van der Waals surface area (Å²) in [5, 5.41) is 0. The lowest BCUT2D eigenvalue weighted by atomic mass is 10.00. The Morgan fingerprint density at radius 1 is 1.16 bits per heavy atom. The molecular weight excluding hydrogens is 248 g/mol. The number of para-hydroxylation sites is 1. The van der Waals surface area contributed by atoms with Gasteiger partial charge in [-0.2, -0.15) is 0 Å². The number of ether oxygens (including phenoxy) is 1. The zero-order chi connectivity index (χ0) is 13.4. The minimum atomic E-state index is -0.590. The van der Waals surface area contributed by atoms with E-state index in [9.17, 15) is 8.78 Å². The summed E-state index contributed by atoms with van der Waals surface area (Å²) in [7, 11) is 0. The molecule has 0 amide bonds. The molecule has 1 aliphatic heterocycles. The molecule has 0 radical (unpaired) electrons. The van der Waals surface area contributed by atoms with Gasteiger partial charge in [0.2, 0.25) is 0 Å². The van der Waals surface area contributed by atoms with E-state index >= 15 is 0 Å². The summed E-state index contributed by atoms with van der Waals surface area (Å²) in [6.45, 7) is 0.417. The van der Waals surface area contributed by atoms with Crippen LogP contribution in [0, 0.1) is 11.6 Å². The number of halogens is 2. The number of hydrogen-bond acceptors (Lipinski definition) is 2. The van der Waals surface area contributed by atoms with Crippen LogP contribution < -0.4 is 10.5 Å². The summed E-state index contributed by atoms with van der Waals surface area (Å²) >= 11 is 0. The fourth-order valence-electron chi connectivity index (χ4n) is 2.39. The molecule has 3 rings (SSSR count). The minimum Gasteiger partial charge on any atom is -0.488 e. The summed E-state index contributed by atoms with van der Waals surface area (Å²) in [5.74, 6) is -0.522. The van der Waals surface area contributed by atoms with Crippen molar-refractivity contribution in [3.05, 3.63) is 53.6 Å². The van der Waals surface area contributed by atoms with Gasteiger partial charge in [-0.05, 0) is 17.7 Å². The lowest BCUT2D eigenvalue weighted by molar-refractivity contribution is 0.242. The quantitative estimate of drug-likeness (QED) is 0.902. The van der Waals surface area contributed by atoms with Crippen molar-refractivity contribution in [1.82, 2.24) is 0 Å². The molecule has 0 aliphatic carbocycles. The average Bonchev–Trinajstić information content (AvgIpc) is 2.82. The second-order valence-electron chi connectivity index (χ2n) is 4.60. The van der Waals surface area contributed by atoms with Gasteiger partial charge in [-0.3, -0.25) is 0 Å². The highest BCUT2D eigenvalue weighted by Gasteiger charge is 2.25. The maximum Gasteiger partial charge on any atom is 0.134 e. The molecule has 2 nitrogen and oxygen atoms in total. The monoisotopic (exact) mass is 261 g/mol. The Morgan fingerprint density at radius 2 is 2.00 bits per heavy atom. The van der Waals surface area contributed by atoms with E-state index in [1.165, 1.54) is 12.1 Å². The lowest BCUT2D eigenvalue weighted by Crippen LogP contribution is -2.24. The third-order valence-electron chi connectivity index (χ3n) is 3.31. The van der Waals surface area contributed by atoms with E-state index in [1.807, 2.05) is 12.1 Å². The average molecular weight is 261 g/mol. The van der Waals surface area contributed by atoms with Gasteiger partial charge in [0.1, 0.15) is 23.5 Å². The number of fused-ring (bicyclic) bond motifs is 1. The van der Waals surface area contributed by atoms with Gasteiger partial charge in [0.15, 0.2) is 0 Å². The number of rotatable bonds is 2. The summed E-state index contributed by atoms with van der Waals surface area (Å²) in [4.78, 5) is 0. The molecule has 0 bridgehead atoms. The lowest BCUT2D eigenvalue weighted by Gasteiger charge is -2.11. The van der Waals surface area contributed by atoms with Crippen molar-refractivity contribution in [3.63, 3.8) is 0 Å². The predicted molar refractivity (Wildman–Crippen MR) is 69.0 cm³/mol. The normalized spacial score (nSPS) is 17.1. The molecule has 0 saturated carbocycles. The molecule has 19 heavy (non-hydrogen) atoms. The summed E-state index contributed by atoms with van der Waals surface area (Å²) in [6, 6.07) is 9.11. The molecule has 1 heterocycles. The van der Waals surface area contributed by atoms with E-state index in [4.69, 9.17) is 10.5 Å². The molecule has 2 N–H and O–H groups in total. The van der Waals surface area contributed by atoms with Crippen molar-refractivity contribution >= 4 is 0 Å². The predicted octanol–water partition coefficient (Wildman–Crippen LogP) is 2.89. The van der Waals surface area contributed by atoms with Crippen molar-refractivity contribution in [2.75, 3.05) is 6.54 Å². The van der Waals surface area contributed by atoms with Gasteiger partial charge in [0, 0.05) is 30.2 Å².